The van der Waals surface area contributed by atoms with Gasteiger partial charge in [-0.1, -0.05) is 6.08 Å². The highest BCUT2D eigenvalue weighted by molar-refractivity contribution is 14.1. The molecular formula is C14H20Cl2I2N2O. The van der Waals surface area contributed by atoms with E-state index in [1.165, 1.54) is 5.56 Å². The van der Waals surface area contributed by atoms with Crippen LogP contribution in [-0.4, -0.2) is 36.2 Å². The molecule has 1 aromatic carbocycles. The number of piperazine rings is 1. The maximum absolute atomic E-state index is 9.89. The molecule has 0 bridgehead atoms. The fourth-order valence-corrected chi connectivity index (χ4v) is 4.24. The van der Waals surface area contributed by atoms with Crippen LogP contribution in [0.4, 0.5) is 0 Å². The second-order valence-electron chi connectivity index (χ2n) is 4.66. The third-order valence-corrected chi connectivity index (χ3v) is 5.05. The molecule has 1 aliphatic rings. The third-order valence-electron chi connectivity index (χ3n) is 3.41. The first-order valence-electron chi connectivity index (χ1n) is 6.37. The molecule has 7 heteroatoms. The van der Waals surface area contributed by atoms with Crippen molar-refractivity contribution in [3.8, 4) is 5.75 Å². The molecule has 0 unspecified atom stereocenters. The lowest BCUT2D eigenvalue weighted by atomic mass is 10.0. The van der Waals surface area contributed by atoms with Crippen LogP contribution < -0.4 is 5.32 Å². The van der Waals surface area contributed by atoms with E-state index in [9.17, 15) is 5.11 Å². The number of rotatable bonds is 4. The van der Waals surface area contributed by atoms with Gasteiger partial charge in [0.25, 0.3) is 0 Å². The molecule has 0 aromatic heterocycles. The Kier molecular flexibility index (Phi) is 10.8. The van der Waals surface area contributed by atoms with Crippen LogP contribution in [-0.2, 0) is 0 Å². The summed E-state index contributed by atoms with van der Waals surface area (Å²) in [6.45, 7) is 8.10. The van der Waals surface area contributed by atoms with Crippen molar-refractivity contribution < 1.29 is 5.11 Å². The van der Waals surface area contributed by atoms with Crippen LogP contribution in [0.15, 0.2) is 24.8 Å². The molecule has 2 N–H and O–H groups in total. The van der Waals surface area contributed by atoms with Gasteiger partial charge in [-0.25, -0.2) is 0 Å². The maximum atomic E-state index is 9.89. The second-order valence-corrected chi connectivity index (χ2v) is 6.98. The topological polar surface area (TPSA) is 35.5 Å². The molecule has 0 spiro atoms. The van der Waals surface area contributed by atoms with Crippen molar-refractivity contribution in [1.29, 1.82) is 0 Å². The van der Waals surface area contributed by atoms with E-state index in [0.29, 0.717) is 11.8 Å². The molecule has 0 saturated carbocycles. The predicted molar refractivity (Wildman–Crippen MR) is 110 cm³/mol. The van der Waals surface area contributed by atoms with Crippen molar-refractivity contribution in [3.63, 3.8) is 0 Å². The smallest absolute Gasteiger partial charge is 0.142 e. The van der Waals surface area contributed by atoms with Crippen LogP contribution in [0.25, 0.3) is 0 Å². The monoisotopic (exact) mass is 556 g/mol. The Bertz CT molecular complexity index is 445. The van der Waals surface area contributed by atoms with Gasteiger partial charge in [-0.3, -0.25) is 4.90 Å². The Morgan fingerprint density at radius 3 is 2.24 bits per heavy atom. The summed E-state index contributed by atoms with van der Waals surface area (Å²) < 4.78 is 1.84. The lowest BCUT2D eigenvalue weighted by Gasteiger charge is -2.35. The van der Waals surface area contributed by atoms with Gasteiger partial charge in [0.2, 0.25) is 0 Å². The van der Waals surface area contributed by atoms with Crippen molar-refractivity contribution >= 4 is 70.0 Å². The van der Waals surface area contributed by atoms with Gasteiger partial charge in [-0.2, -0.15) is 0 Å². The summed E-state index contributed by atoms with van der Waals surface area (Å²) in [6, 6.07) is 4.55. The van der Waals surface area contributed by atoms with Gasteiger partial charge in [0.15, 0.2) is 0 Å². The quantitative estimate of drug-likeness (QED) is 0.435. The number of phenolic OH excluding ortho intramolecular Hbond substituents is 1. The van der Waals surface area contributed by atoms with Crippen molar-refractivity contribution in [2.24, 2.45) is 0 Å². The fraction of sp³-hybridized carbons (Fsp3) is 0.429. The minimum absolute atomic E-state index is 0. The number of hydrogen-bond donors (Lipinski definition) is 2. The van der Waals surface area contributed by atoms with Crippen LogP contribution in [0.5, 0.6) is 5.75 Å². The Labute approximate surface area is 166 Å². The fourth-order valence-electron chi connectivity index (χ4n) is 2.43. The van der Waals surface area contributed by atoms with Gasteiger partial charge in [0, 0.05) is 32.2 Å². The number of phenols is 1. The van der Waals surface area contributed by atoms with Crippen LogP contribution in [0.3, 0.4) is 0 Å². The number of benzene rings is 1. The average molecular weight is 557 g/mol. The molecule has 3 nitrogen and oxygen atoms in total. The van der Waals surface area contributed by atoms with E-state index in [1.54, 1.807) is 0 Å². The van der Waals surface area contributed by atoms with Crippen LogP contribution in [0.1, 0.15) is 18.0 Å². The standard InChI is InChI=1S/C14H18I2N2O.2ClH/c1-2-3-13(18-6-4-17-5-7-18)10-8-11(15)14(19)12(16)9-10;;/h2,8-9,13,17,19H,1,3-7H2;2*1H/t13-;;/m0../s1. The highest BCUT2D eigenvalue weighted by atomic mass is 127. The highest BCUT2D eigenvalue weighted by Gasteiger charge is 2.22. The lowest BCUT2D eigenvalue weighted by Crippen LogP contribution is -2.45. The van der Waals surface area contributed by atoms with Crippen LogP contribution in [0, 0.1) is 7.14 Å². The van der Waals surface area contributed by atoms with Gasteiger partial charge in [0.1, 0.15) is 5.75 Å². The minimum Gasteiger partial charge on any atom is -0.506 e. The highest BCUT2D eigenvalue weighted by Crippen LogP contribution is 2.33. The van der Waals surface area contributed by atoms with E-state index >= 15 is 0 Å². The molecule has 0 radical (unpaired) electrons. The van der Waals surface area contributed by atoms with Crippen molar-refractivity contribution in [2.75, 3.05) is 26.2 Å². The average Bonchev–Trinajstić information content (AvgIpc) is 2.42. The van der Waals surface area contributed by atoms with Gasteiger partial charge >= 0.3 is 0 Å². The lowest BCUT2D eigenvalue weighted by molar-refractivity contribution is 0.174. The Morgan fingerprint density at radius 2 is 1.76 bits per heavy atom. The number of nitrogens with zero attached hydrogens (tertiary/aromatic N) is 1. The summed E-state index contributed by atoms with van der Waals surface area (Å²) in [6.07, 6.45) is 2.93. The van der Waals surface area contributed by atoms with E-state index in [0.717, 1.165) is 39.7 Å². The summed E-state index contributed by atoms with van der Waals surface area (Å²) in [5.74, 6) is 0.391. The predicted octanol–water partition coefficient (Wildman–Crippen LogP) is 3.97. The molecule has 120 valence electrons. The van der Waals surface area contributed by atoms with E-state index in [-0.39, 0.29) is 24.8 Å². The normalized spacial score (nSPS) is 16.5. The van der Waals surface area contributed by atoms with Gasteiger partial charge < -0.3 is 10.4 Å². The maximum Gasteiger partial charge on any atom is 0.142 e. The van der Waals surface area contributed by atoms with Gasteiger partial charge in [0.05, 0.1) is 7.14 Å². The Hall–Kier alpha value is 0.720. The van der Waals surface area contributed by atoms with E-state index in [4.69, 9.17) is 0 Å². The number of hydrogen-bond acceptors (Lipinski definition) is 3. The molecule has 1 aromatic rings. The molecule has 0 aliphatic carbocycles. The Balaban J connectivity index is 0.00000200. The molecule has 0 amide bonds. The van der Waals surface area contributed by atoms with Crippen molar-refractivity contribution in [2.45, 2.75) is 12.5 Å². The van der Waals surface area contributed by atoms with E-state index in [2.05, 4.69) is 74.1 Å². The first kappa shape index (κ1) is 21.7. The van der Waals surface area contributed by atoms with Crippen LogP contribution in [0.2, 0.25) is 0 Å². The summed E-state index contributed by atoms with van der Waals surface area (Å²) in [5.41, 5.74) is 1.27. The largest absolute Gasteiger partial charge is 0.506 e. The van der Waals surface area contributed by atoms with Crippen LogP contribution >= 0.6 is 70.0 Å². The molecule has 1 atom stereocenters. The molecule has 1 fully saturated rings. The molecule has 1 aliphatic heterocycles. The zero-order chi connectivity index (χ0) is 13.8. The van der Waals surface area contributed by atoms with Gasteiger partial charge in [-0.15, -0.1) is 31.4 Å². The first-order chi connectivity index (χ1) is 9.13. The van der Waals surface area contributed by atoms with Crippen molar-refractivity contribution in [1.82, 2.24) is 10.2 Å². The zero-order valence-corrected chi connectivity index (χ0v) is 17.5. The molecule has 1 heterocycles. The van der Waals surface area contributed by atoms with E-state index < -0.39 is 0 Å². The molecule has 21 heavy (non-hydrogen) atoms. The van der Waals surface area contributed by atoms with Gasteiger partial charge in [-0.05, 0) is 69.3 Å². The SMILES string of the molecule is C=CC[C@@H](c1cc(I)c(O)c(I)c1)N1CCNCC1.Cl.Cl. The summed E-state index contributed by atoms with van der Waals surface area (Å²) in [5, 5.41) is 13.3. The summed E-state index contributed by atoms with van der Waals surface area (Å²) in [7, 11) is 0. The second kappa shape index (κ2) is 10.5. The Morgan fingerprint density at radius 1 is 1.24 bits per heavy atom. The summed E-state index contributed by atoms with van der Waals surface area (Å²) in [4.78, 5) is 2.50. The zero-order valence-electron chi connectivity index (χ0n) is 11.5. The number of aromatic hydroxyl groups is 1. The molecular weight excluding hydrogens is 537 g/mol. The minimum atomic E-state index is 0. The molecule has 2 rings (SSSR count). The van der Waals surface area contributed by atoms with Crippen molar-refractivity contribution in [3.05, 3.63) is 37.5 Å². The summed E-state index contributed by atoms with van der Waals surface area (Å²) >= 11 is 4.39. The first-order valence-corrected chi connectivity index (χ1v) is 8.52. The number of nitrogens with one attached hydrogen (secondary N) is 1. The third kappa shape index (κ3) is 5.69. The molecule has 1 saturated heterocycles. The van der Waals surface area contributed by atoms with E-state index in [1.807, 2.05) is 6.08 Å². The number of halogens is 4.